The monoisotopic (exact) mass is 350 g/mol. The lowest BCUT2D eigenvalue weighted by Gasteiger charge is -2.09. The van der Waals surface area contributed by atoms with Crippen LogP contribution in [0.1, 0.15) is 11.1 Å². The van der Waals surface area contributed by atoms with Gasteiger partial charge >= 0.3 is 0 Å². The van der Waals surface area contributed by atoms with Crippen molar-refractivity contribution in [2.45, 2.75) is 13.5 Å². The lowest BCUT2D eigenvalue weighted by Crippen LogP contribution is -2.01. The third-order valence-electron chi connectivity index (χ3n) is 3.07. The number of aryl methyl sites for hydroxylation is 1. The average Bonchev–Trinajstić information content (AvgIpc) is 2.48. The number of rotatable bonds is 5. The molecule has 0 aliphatic heterocycles. The number of nitro groups is 1. The minimum Gasteiger partial charge on any atom is -0.496 e. The van der Waals surface area contributed by atoms with Gasteiger partial charge in [0.05, 0.1) is 18.1 Å². The second-order valence-corrected chi connectivity index (χ2v) is 5.47. The summed E-state index contributed by atoms with van der Waals surface area (Å²) in [6, 6.07) is 10.7. The molecule has 0 unspecified atom stereocenters. The SMILES string of the molecule is COc1cc(CNc2ccc(C)c(Br)c2)cc([N+](=O)[O-])c1. The van der Waals surface area contributed by atoms with Crippen LogP contribution in [0.4, 0.5) is 11.4 Å². The van der Waals surface area contributed by atoms with Crippen molar-refractivity contribution in [2.24, 2.45) is 0 Å². The van der Waals surface area contributed by atoms with E-state index in [1.807, 2.05) is 25.1 Å². The van der Waals surface area contributed by atoms with Crippen LogP contribution in [-0.4, -0.2) is 12.0 Å². The number of nitrogens with zero attached hydrogens (tertiary/aromatic N) is 1. The predicted octanol–water partition coefficient (Wildman–Crippen LogP) is 4.29. The Morgan fingerprint density at radius 2 is 2.05 bits per heavy atom. The maximum Gasteiger partial charge on any atom is 0.273 e. The second-order valence-electron chi connectivity index (χ2n) is 4.61. The van der Waals surface area contributed by atoms with Crippen molar-refractivity contribution in [1.82, 2.24) is 0 Å². The molecule has 0 aliphatic rings. The van der Waals surface area contributed by atoms with Crippen molar-refractivity contribution in [1.29, 1.82) is 0 Å². The van der Waals surface area contributed by atoms with E-state index in [0.29, 0.717) is 12.3 Å². The van der Waals surface area contributed by atoms with Gasteiger partial charge in [-0.1, -0.05) is 22.0 Å². The van der Waals surface area contributed by atoms with E-state index in [4.69, 9.17) is 4.74 Å². The molecule has 6 heteroatoms. The van der Waals surface area contributed by atoms with Gasteiger partial charge in [0.2, 0.25) is 0 Å². The third-order valence-corrected chi connectivity index (χ3v) is 3.92. The van der Waals surface area contributed by atoms with Gasteiger partial charge in [-0.3, -0.25) is 10.1 Å². The first kappa shape index (κ1) is 15.3. The number of hydrogen-bond donors (Lipinski definition) is 1. The molecule has 0 spiro atoms. The van der Waals surface area contributed by atoms with Gasteiger partial charge in [-0.2, -0.15) is 0 Å². The van der Waals surface area contributed by atoms with E-state index in [9.17, 15) is 10.1 Å². The molecule has 0 atom stereocenters. The Morgan fingerprint density at radius 1 is 1.29 bits per heavy atom. The van der Waals surface area contributed by atoms with E-state index < -0.39 is 4.92 Å². The van der Waals surface area contributed by atoms with Crippen LogP contribution in [0.25, 0.3) is 0 Å². The highest BCUT2D eigenvalue weighted by Gasteiger charge is 2.10. The Balaban J connectivity index is 2.17. The molecule has 0 heterocycles. The zero-order valence-electron chi connectivity index (χ0n) is 11.7. The summed E-state index contributed by atoms with van der Waals surface area (Å²) in [6.45, 7) is 2.49. The quantitative estimate of drug-likeness (QED) is 0.645. The number of nitro benzene ring substituents is 1. The van der Waals surface area contributed by atoms with Crippen LogP contribution in [0.15, 0.2) is 40.9 Å². The molecule has 0 aliphatic carbocycles. The maximum atomic E-state index is 10.9. The van der Waals surface area contributed by atoms with E-state index in [2.05, 4.69) is 21.2 Å². The highest BCUT2D eigenvalue weighted by atomic mass is 79.9. The van der Waals surface area contributed by atoms with Crippen molar-refractivity contribution in [2.75, 3.05) is 12.4 Å². The van der Waals surface area contributed by atoms with Crippen LogP contribution < -0.4 is 10.1 Å². The minimum atomic E-state index is -0.422. The number of methoxy groups -OCH3 is 1. The van der Waals surface area contributed by atoms with E-state index in [1.165, 1.54) is 13.2 Å². The van der Waals surface area contributed by atoms with Gasteiger partial charge in [0.25, 0.3) is 5.69 Å². The fourth-order valence-electron chi connectivity index (χ4n) is 1.88. The molecule has 5 nitrogen and oxygen atoms in total. The number of nitrogens with one attached hydrogen (secondary N) is 1. The summed E-state index contributed by atoms with van der Waals surface area (Å²) in [5, 5.41) is 14.1. The van der Waals surface area contributed by atoms with Crippen molar-refractivity contribution >= 4 is 27.3 Å². The van der Waals surface area contributed by atoms with E-state index in [1.54, 1.807) is 12.1 Å². The van der Waals surface area contributed by atoms with Crippen LogP contribution in [0.5, 0.6) is 5.75 Å². The fraction of sp³-hybridized carbons (Fsp3) is 0.200. The largest absolute Gasteiger partial charge is 0.496 e. The van der Waals surface area contributed by atoms with Crippen LogP contribution in [-0.2, 0) is 6.54 Å². The van der Waals surface area contributed by atoms with Crippen molar-refractivity contribution in [3.05, 3.63) is 62.1 Å². The third kappa shape index (κ3) is 3.95. The molecule has 1 N–H and O–H groups in total. The van der Waals surface area contributed by atoms with Crippen LogP contribution in [0.3, 0.4) is 0 Å². The number of non-ortho nitro benzene ring substituents is 1. The summed E-state index contributed by atoms with van der Waals surface area (Å²) >= 11 is 3.48. The highest BCUT2D eigenvalue weighted by molar-refractivity contribution is 9.10. The first-order chi connectivity index (χ1) is 9.99. The van der Waals surface area contributed by atoms with Gasteiger partial charge in [0, 0.05) is 22.8 Å². The van der Waals surface area contributed by atoms with Gasteiger partial charge < -0.3 is 10.1 Å². The Hall–Kier alpha value is -2.08. The summed E-state index contributed by atoms with van der Waals surface area (Å²) in [6.07, 6.45) is 0. The molecule has 2 rings (SSSR count). The minimum absolute atomic E-state index is 0.0243. The second kappa shape index (κ2) is 6.58. The Bertz CT molecular complexity index is 674. The molecule has 0 amide bonds. The Labute approximate surface area is 131 Å². The van der Waals surface area contributed by atoms with Gasteiger partial charge in [-0.25, -0.2) is 0 Å². The lowest BCUT2D eigenvalue weighted by atomic mass is 10.1. The van der Waals surface area contributed by atoms with Crippen molar-refractivity contribution < 1.29 is 9.66 Å². The molecule has 0 bridgehead atoms. The zero-order valence-corrected chi connectivity index (χ0v) is 13.3. The smallest absolute Gasteiger partial charge is 0.273 e. The Kier molecular flexibility index (Phi) is 4.80. The van der Waals surface area contributed by atoms with E-state index in [0.717, 1.165) is 21.3 Å². The molecule has 2 aromatic rings. The zero-order chi connectivity index (χ0) is 15.4. The van der Waals surface area contributed by atoms with Gasteiger partial charge in [0.1, 0.15) is 5.75 Å². The molecule has 2 aromatic carbocycles. The van der Waals surface area contributed by atoms with Crippen LogP contribution in [0, 0.1) is 17.0 Å². The fourth-order valence-corrected chi connectivity index (χ4v) is 2.25. The van der Waals surface area contributed by atoms with Gasteiger partial charge in [-0.15, -0.1) is 0 Å². The molecule has 21 heavy (non-hydrogen) atoms. The predicted molar refractivity (Wildman–Crippen MR) is 85.9 cm³/mol. The number of halogens is 1. The summed E-state index contributed by atoms with van der Waals surface area (Å²) in [5.74, 6) is 0.478. The van der Waals surface area contributed by atoms with Crippen molar-refractivity contribution in [3.63, 3.8) is 0 Å². The molecule has 0 radical (unpaired) electrons. The highest BCUT2D eigenvalue weighted by Crippen LogP contribution is 2.24. The molecule has 110 valence electrons. The van der Waals surface area contributed by atoms with Gasteiger partial charge in [-0.05, 0) is 36.2 Å². The number of benzene rings is 2. The number of hydrogen-bond acceptors (Lipinski definition) is 4. The normalized spacial score (nSPS) is 10.2. The molecule has 0 fully saturated rings. The maximum absolute atomic E-state index is 10.9. The number of ether oxygens (including phenoxy) is 1. The molecular weight excluding hydrogens is 336 g/mol. The van der Waals surface area contributed by atoms with Crippen molar-refractivity contribution in [3.8, 4) is 5.75 Å². The lowest BCUT2D eigenvalue weighted by molar-refractivity contribution is -0.385. The standard InChI is InChI=1S/C15H15BrN2O3/c1-10-3-4-12(7-15(10)16)17-9-11-5-13(18(19)20)8-14(6-11)21-2/h3-8,17H,9H2,1-2H3. The summed E-state index contributed by atoms with van der Waals surface area (Å²) < 4.78 is 6.11. The molecule has 0 aromatic heterocycles. The first-order valence-corrected chi connectivity index (χ1v) is 7.11. The topological polar surface area (TPSA) is 64.4 Å². The van der Waals surface area contributed by atoms with Crippen LogP contribution in [0.2, 0.25) is 0 Å². The summed E-state index contributed by atoms with van der Waals surface area (Å²) in [5.41, 5.74) is 2.91. The van der Waals surface area contributed by atoms with E-state index >= 15 is 0 Å². The average molecular weight is 351 g/mol. The van der Waals surface area contributed by atoms with Gasteiger partial charge in [0.15, 0.2) is 0 Å². The van der Waals surface area contributed by atoms with E-state index in [-0.39, 0.29) is 5.69 Å². The summed E-state index contributed by atoms with van der Waals surface area (Å²) in [7, 11) is 1.49. The van der Waals surface area contributed by atoms with Crippen LogP contribution >= 0.6 is 15.9 Å². The number of anilines is 1. The summed E-state index contributed by atoms with van der Waals surface area (Å²) in [4.78, 5) is 10.5. The molecule has 0 saturated heterocycles. The Morgan fingerprint density at radius 3 is 2.67 bits per heavy atom. The molecule has 0 saturated carbocycles. The molecular formula is C15H15BrN2O3. The first-order valence-electron chi connectivity index (χ1n) is 6.32.